The van der Waals surface area contributed by atoms with Gasteiger partial charge in [-0.15, -0.1) is 0 Å². The average molecular weight is 282 g/mol. The van der Waals surface area contributed by atoms with E-state index in [1.165, 1.54) is 0 Å². The molecule has 0 aliphatic rings. The SMILES string of the molecule is CCC(C)S(=O)C(C)C(=O)Nc1cc(N)ccc1C. The third kappa shape index (κ3) is 4.06. The van der Waals surface area contributed by atoms with Gasteiger partial charge < -0.3 is 11.1 Å². The molecule has 5 heteroatoms. The van der Waals surface area contributed by atoms with Crippen LogP contribution in [0.2, 0.25) is 0 Å². The lowest BCUT2D eigenvalue weighted by atomic mass is 10.2. The number of carbonyl (C=O) groups is 1. The van der Waals surface area contributed by atoms with E-state index < -0.39 is 16.0 Å². The maximum atomic E-state index is 12.1. The van der Waals surface area contributed by atoms with Crippen LogP contribution in [0.1, 0.15) is 32.8 Å². The van der Waals surface area contributed by atoms with Gasteiger partial charge in [-0.05, 0) is 38.0 Å². The van der Waals surface area contributed by atoms with E-state index in [9.17, 15) is 9.00 Å². The van der Waals surface area contributed by atoms with Crippen LogP contribution in [0.3, 0.4) is 0 Å². The van der Waals surface area contributed by atoms with Gasteiger partial charge in [0.25, 0.3) is 0 Å². The number of nitrogens with one attached hydrogen (secondary N) is 1. The minimum atomic E-state index is -1.17. The fraction of sp³-hybridized carbons (Fsp3) is 0.500. The third-order valence-electron chi connectivity index (χ3n) is 3.21. The lowest BCUT2D eigenvalue weighted by Crippen LogP contribution is -2.33. The van der Waals surface area contributed by atoms with Crippen LogP contribution in [-0.2, 0) is 15.6 Å². The van der Waals surface area contributed by atoms with E-state index >= 15 is 0 Å². The summed E-state index contributed by atoms with van der Waals surface area (Å²) in [5, 5.41) is 2.28. The van der Waals surface area contributed by atoms with Crippen molar-refractivity contribution < 1.29 is 9.00 Å². The quantitative estimate of drug-likeness (QED) is 0.815. The van der Waals surface area contributed by atoms with Gasteiger partial charge in [0, 0.05) is 27.4 Å². The maximum absolute atomic E-state index is 12.1. The molecule has 106 valence electrons. The van der Waals surface area contributed by atoms with E-state index in [1.807, 2.05) is 26.8 Å². The van der Waals surface area contributed by atoms with Crippen LogP contribution in [0.5, 0.6) is 0 Å². The zero-order valence-electron chi connectivity index (χ0n) is 11.9. The molecule has 0 radical (unpaired) electrons. The molecule has 0 aromatic heterocycles. The highest BCUT2D eigenvalue weighted by Gasteiger charge is 2.23. The molecule has 0 heterocycles. The number of benzene rings is 1. The topological polar surface area (TPSA) is 72.2 Å². The highest BCUT2D eigenvalue weighted by molar-refractivity contribution is 7.87. The summed E-state index contributed by atoms with van der Waals surface area (Å²) in [6.45, 7) is 7.45. The van der Waals surface area contributed by atoms with Crippen molar-refractivity contribution in [2.45, 2.75) is 44.6 Å². The van der Waals surface area contributed by atoms with Gasteiger partial charge in [-0.25, -0.2) is 0 Å². The molecule has 4 nitrogen and oxygen atoms in total. The first kappa shape index (κ1) is 15.7. The molecular weight excluding hydrogens is 260 g/mol. The van der Waals surface area contributed by atoms with E-state index in [2.05, 4.69) is 5.32 Å². The van der Waals surface area contributed by atoms with Crippen molar-refractivity contribution >= 4 is 28.1 Å². The van der Waals surface area contributed by atoms with Crippen molar-refractivity contribution in [2.24, 2.45) is 0 Å². The monoisotopic (exact) mass is 282 g/mol. The zero-order chi connectivity index (χ0) is 14.6. The first-order valence-electron chi connectivity index (χ1n) is 6.43. The number of hydrogen-bond acceptors (Lipinski definition) is 3. The van der Waals surface area contributed by atoms with Gasteiger partial charge in [-0.2, -0.15) is 0 Å². The number of anilines is 2. The normalized spacial score (nSPS) is 15.6. The van der Waals surface area contributed by atoms with Gasteiger partial charge in [0.1, 0.15) is 5.25 Å². The highest BCUT2D eigenvalue weighted by Crippen LogP contribution is 2.19. The Morgan fingerprint density at radius 1 is 1.42 bits per heavy atom. The van der Waals surface area contributed by atoms with Crippen LogP contribution < -0.4 is 11.1 Å². The second kappa shape index (κ2) is 6.70. The van der Waals surface area contributed by atoms with Crippen LogP contribution in [0, 0.1) is 6.92 Å². The Bertz CT molecular complexity index is 488. The summed E-state index contributed by atoms with van der Waals surface area (Å²) in [7, 11) is -1.17. The molecule has 1 aromatic carbocycles. The Morgan fingerprint density at radius 3 is 2.63 bits per heavy atom. The predicted molar refractivity (Wildman–Crippen MR) is 81.6 cm³/mol. The largest absolute Gasteiger partial charge is 0.399 e. The molecule has 19 heavy (non-hydrogen) atoms. The molecule has 0 bridgehead atoms. The van der Waals surface area contributed by atoms with Gasteiger partial charge in [-0.1, -0.05) is 19.9 Å². The van der Waals surface area contributed by atoms with Gasteiger partial charge >= 0.3 is 0 Å². The minimum Gasteiger partial charge on any atom is -0.399 e. The minimum absolute atomic E-state index is 0.0164. The number of hydrogen-bond donors (Lipinski definition) is 2. The molecule has 0 aliphatic heterocycles. The Kier molecular flexibility index (Phi) is 5.54. The first-order valence-corrected chi connectivity index (χ1v) is 7.70. The molecule has 0 aliphatic carbocycles. The second-order valence-corrected chi connectivity index (χ2v) is 6.92. The van der Waals surface area contributed by atoms with Crippen molar-refractivity contribution in [3.8, 4) is 0 Å². The van der Waals surface area contributed by atoms with Gasteiger partial charge in [0.15, 0.2) is 0 Å². The standard InChI is InChI=1S/C14H22N2O2S/c1-5-10(3)19(18)11(4)14(17)16-13-8-12(15)7-6-9(13)2/h6-8,10-11H,5,15H2,1-4H3,(H,16,17). The number of amides is 1. The Labute approximate surface area is 117 Å². The molecule has 0 saturated heterocycles. The molecule has 3 N–H and O–H groups in total. The molecule has 1 rings (SSSR count). The van der Waals surface area contributed by atoms with Crippen LogP contribution in [0.25, 0.3) is 0 Å². The van der Waals surface area contributed by atoms with E-state index in [-0.39, 0.29) is 11.2 Å². The van der Waals surface area contributed by atoms with Crippen LogP contribution in [0.4, 0.5) is 11.4 Å². The van der Waals surface area contributed by atoms with E-state index in [4.69, 9.17) is 5.73 Å². The van der Waals surface area contributed by atoms with Gasteiger partial charge in [0.05, 0.1) is 0 Å². The number of nitrogens with two attached hydrogens (primary N) is 1. The summed E-state index contributed by atoms with van der Waals surface area (Å²) in [6.07, 6.45) is 0.793. The van der Waals surface area contributed by atoms with Crippen molar-refractivity contribution in [3.05, 3.63) is 23.8 Å². The average Bonchev–Trinajstić information content (AvgIpc) is 2.40. The molecule has 3 unspecified atom stereocenters. The van der Waals surface area contributed by atoms with Crippen LogP contribution in [-0.4, -0.2) is 20.6 Å². The number of nitrogen functional groups attached to an aromatic ring is 1. The maximum Gasteiger partial charge on any atom is 0.239 e. The summed E-state index contributed by atoms with van der Waals surface area (Å²) in [5.74, 6) is -0.229. The van der Waals surface area contributed by atoms with E-state index in [1.54, 1.807) is 19.1 Å². The summed E-state index contributed by atoms with van der Waals surface area (Å²) in [6, 6.07) is 5.35. The second-order valence-electron chi connectivity index (χ2n) is 4.75. The zero-order valence-corrected chi connectivity index (χ0v) is 12.7. The van der Waals surface area contributed by atoms with Crippen LogP contribution in [0.15, 0.2) is 18.2 Å². The third-order valence-corrected chi connectivity index (χ3v) is 5.25. The fourth-order valence-electron chi connectivity index (χ4n) is 1.63. The molecular formula is C14H22N2O2S. The summed E-state index contributed by atoms with van der Waals surface area (Å²) in [4.78, 5) is 12.1. The summed E-state index contributed by atoms with van der Waals surface area (Å²) >= 11 is 0. The molecule has 0 fully saturated rings. The van der Waals surface area contributed by atoms with Crippen molar-refractivity contribution in [1.82, 2.24) is 0 Å². The summed E-state index contributed by atoms with van der Waals surface area (Å²) in [5.41, 5.74) is 7.90. The smallest absolute Gasteiger partial charge is 0.239 e. The Morgan fingerprint density at radius 2 is 2.05 bits per heavy atom. The predicted octanol–water partition coefficient (Wildman–Crippen LogP) is 2.45. The molecule has 0 saturated carbocycles. The number of aryl methyl sites for hydroxylation is 1. The Balaban J connectivity index is 2.79. The number of carbonyl (C=O) groups excluding carboxylic acids is 1. The molecule has 1 aromatic rings. The van der Waals surface area contributed by atoms with Gasteiger partial charge in [0.2, 0.25) is 5.91 Å². The first-order chi connectivity index (χ1) is 8.86. The lowest BCUT2D eigenvalue weighted by Gasteiger charge is -2.17. The van der Waals surface area contributed by atoms with Crippen LogP contribution >= 0.6 is 0 Å². The Hall–Kier alpha value is -1.36. The van der Waals surface area contributed by atoms with Gasteiger partial charge in [-0.3, -0.25) is 9.00 Å². The fourth-order valence-corrected chi connectivity index (χ4v) is 2.92. The molecule has 3 atom stereocenters. The van der Waals surface area contributed by atoms with Crippen molar-refractivity contribution in [1.29, 1.82) is 0 Å². The lowest BCUT2D eigenvalue weighted by molar-refractivity contribution is -0.115. The summed E-state index contributed by atoms with van der Waals surface area (Å²) < 4.78 is 12.1. The molecule has 1 amide bonds. The van der Waals surface area contributed by atoms with Crippen molar-refractivity contribution in [3.63, 3.8) is 0 Å². The van der Waals surface area contributed by atoms with E-state index in [0.717, 1.165) is 12.0 Å². The highest BCUT2D eigenvalue weighted by atomic mass is 32.2. The van der Waals surface area contributed by atoms with E-state index in [0.29, 0.717) is 11.4 Å². The molecule has 0 spiro atoms. The number of rotatable bonds is 5. The van der Waals surface area contributed by atoms with Crippen molar-refractivity contribution in [2.75, 3.05) is 11.1 Å².